The molecule has 0 atom stereocenters. The van der Waals surface area contributed by atoms with E-state index >= 15 is 0 Å². The molecule has 6 heteroatoms. The smallest absolute Gasteiger partial charge is 0.164 e. The van der Waals surface area contributed by atoms with Crippen LogP contribution in [0, 0.1) is 0 Å². The molecule has 6 nitrogen and oxygen atoms in total. The molecule has 0 N–H and O–H groups in total. The molecule has 10 aromatic rings. The van der Waals surface area contributed by atoms with Gasteiger partial charge in [0.15, 0.2) is 17.5 Å². The van der Waals surface area contributed by atoms with Gasteiger partial charge in [-0.15, -0.1) is 0 Å². The van der Waals surface area contributed by atoms with Crippen molar-refractivity contribution in [3.05, 3.63) is 182 Å². The van der Waals surface area contributed by atoms with Crippen molar-refractivity contribution in [3.63, 3.8) is 0 Å². The van der Waals surface area contributed by atoms with E-state index < -0.39 is 0 Å². The Bertz CT molecular complexity index is 2940. The molecule has 6 aromatic carbocycles. The number of rotatable bonds is 6. The number of para-hydroxylation sites is 1. The van der Waals surface area contributed by atoms with Crippen molar-refractivity contribution in [1.29, 1.82) is 0 Å². The summed E-state index contributed by atoms with van der Waals surface area (Å²) < 4.78 is 0. The molecule has 0 saturated heterocycles. The SMILES string of the molecule is c1ccc(-c2nc(-c3ccccc3)nc(-c3cccc(-c4ccc5ccc(-c6ccc7ccc(-c8cccc9cccnc89)nc7c6)nc5c4)c3)n2)cc1. The van der Waals surface area contributed by atoms with Crippen molar-refractivity contribution in [2.24, 2.45) is 0 Å². The highest BCUT2D eigenvalue weighted by atomic mass is 15.0. The summed E-state index contributed by atoms with van der Waals surface area (Å²) >= 11 is 0. The van der Waals surface area contributed by atoms with Crippen LogP contribution in [0.5, 0.6) is 0 Å². The molecule has 0 amide bonds. The van der Waals surface area contributed by atoms with Gasteiger partial charge in [0.2, 0.25) is 0 Å². The summed E-state index contributed by atoms with van der Waals surface area (Å²) in [6.07, 6.45) is 1.83. The second-order valence-electron chi connectivity index (χ2n) is 13.2. The van der Waals surface area contributed by atoms with Gasteiger partial charge in [-0.1, -0.05) is 140 Å². The molecule has 0 unspecified atom stereocenters. The number of aromatic nitrogens is 6. The van der Waals surface area contributed by atoms with Crippen molar-refractivity contribution >= 4 is 32.7 Å². The first-order valence-corrected chi connectivity index (χ1v) is 17.9. The van der Waals surface area contributed by atoms with Crippen LogP contribution in [0.4, 0.5) is 0 Å². The van der Waals surface area contributed by atoms with E-state index in [1.807, 2.05) is 72.9 Å². The highest BCUT2D eigenvalue weighted by Crippen LogP contribution is 2.32. The van der Waals surface area contributed by atoms with Crippen LogP contribution < -0.4 is 0 Å². The summed E-state index contributed by atoms with van der Waals surface area (Å²) in [5, 5.41) is 3.24. The van der Waals surface area contributed by atoms with Crippen LogP contribution in [-0.4, -0.2) is 29.9 Å². The van der Waals surface area contributed by atoms with E-state index in [2.05, 4.69) is 114 Å². The fourth-order valence-electron chi connectivity index (χ4n) is 6.97. The largest absolute Gasteiger partial charge is 0.256 e. The van der Waals surface area contributed by atoms with Crippen molar-refractivity contribution in [2.75, 3.05) is 0 Å². The summed E-state index contributed by atoms with van der Waals surface area (Å²) in [5.74, 6) is 1.89. The second-order valence-corrected chi connectivity index (χ2v) is 13.2. The molecule has 4 heterocycles. The van der Waals surface area contributed by atoms with Crippen LogP contribution in [0.2, 0.25) is 0 Å². The number of hydrogen-bond acceptors (Lipinski definition) is 6. The first-order chi connectivity index (χ1) is 26.7. The summed E-state index contributed by atoms with van der Waals surface area (Å²) in [5.41, 5.74) is 11.5. The zero-order valence-electron chi connectivity index (χ0n) is 29.0. The van der Waals surface area contributed by atoms with E-state index in [0.717, 1.165) is 83.0 Å². The molecule has 0 aliphatic carbocycles. The maximum Gasteiger partial charge on any atom is 0.164 e. The van der Waals surface area contributed by atoms with Gasteiger partial charge in [0.25, 0.3) is 0 Å². The lowest BCUT2D eigenvalue weighted by Crippen LogP contribution is -2.00. The Balaban J connectivity index is 1.01. The minimum absolute atomic E-state index is 0.621. The Morgan fingerprint density at radius 1 is 0.296 bits per heavy atom. The maximum atomic E-state index is 5.16. The molecule has 0 fully saturated rings. The van der Waals surface area contributed by atoms with E-state index in [9.17, 15) is 0 Å². The average Bonchev–Trinajstić information content (AvgIpc) is 3.26. The lowest BCUT2D eigenvalue weighted by Gasteiger charge is -2.10. The summed E-state index contributed by atoms with van der Waals surface area (Å²) in [6, 6.07) is 59.9. The van der Waals surface area contributed by atoms with E-state index in [-0.39, 0.29) is 0 Å². The van der Waals surface area contributed by atoms with Crippen LogP contribution >= 0.6 is 0 Å². The predicted molar refractivity (Wildman–Crippen MR) is 218 cm³/mol. The number of benzene rings is 6. The normalized spacial score (nSPS) is 11.3. The van der Waals surface area contributed by atoms with E-state index in [1.54, 1.807) is 0 Å². The van der Waals surface area contributed by atoms with Crippen LogP contribution in [0.1, 0.15) is 0 Å². The molecule has 0 aliphatic rings. The monoisotopic (exact) mass is 690 g/mol. The molecule has 0 radical (unpaired) electrons. The minimum atomic E-state index is 0.621. The van der Waals surface area contributed by atoms with Crippen molar-refractivity contribution in [2.45, 2.75) is 0 Å². The lowest BCUT2D eigenvalue weighted by molar-refractivity contribution is 1.07. The highest BCUT2D eigenvalue weighted by Gasteiger charge is 2.14. The number of nitrogens with zero attached hydrogens (tertiary/aromatic N) is 6. The predicted octanol–water partition coefficient (Wildman–Crippen LogP) is 11.5. The first-order valence-electron chi connectivity index (χ1n) is 17.9. The quantitative estimate of drug-likeness (QED) is 0.173. The van der Waals surface area contributed by atoms with Crippen LogP contribution in [0.3, 0.4) is 0 Å². The van der Waals surface area contributed by atoms with Gasteiger partial charge in [0, 0.05) is 50.2 Å². The number of hydrogen-bond donors (Lipinski definition) is 0. The number of pyridine rings is 3. The molecule has 0 aliphatic heterocycles. The Morgan fingerprint density at radius 2 is 0.815 bits per heavy atom. The van der Waals surface area contributed by atoms with Crippen molar-refractivity contribution < 1.29 is 0 Å². The molecule has 4 aromatic heterocycles. The second kappa shape index (κ2) is 13.3. The lowest BCUT2D eigenvalue weighted by atomic mass is 10.0. The van der Waals surface area contributed by atoms with Crippen LogP contribution in [0.25, 0.3) is 101 Å². The molecule has 54 heavy (non-hydrogen) atoms. The third kappa shape index (κ3) is 5.91. The Hall–Kier alpha value is -7.44. The van der Waals surface area contributed by atoms with Gasteiger partial charge in [-0.2, -0.15) is 0 Å². The molecule has 0 saturated carbocycles. The average molecular weight is 691 g/mol. The maximum absolute atomic E-state index is 5.16. The van der Waals surface area contributed by atoms with Crippen LogP contribution in [0.15, 0.2) is 182 Å². The van der Waals surface area contributed by atoms with E-state index in [1.165, 1.54) is 0 Å². The zero-order valence-corrected chi connectivity index (χ0v) is 29.0. The van der Waals surface area contributed by atoms with E-state index in [4.69, 9.17) is 24.9 Å². The third-order valence-electron chi connectivity index (χ3n) is 9.74. The van der Waals surface area contributed by atoms with Gasteiger partial charge in [-0.3, -0.25) is 4.98 Å². The molecular formula is C48H30N6. The van der Waals surface area contributed by atoms with E-state index in [0.29, 0.717) is 17.5 Å². The Kier molecular flexibility index (Phi) is 7.69. The Morgan fingerprint density at radius 3 is 1.54 bits per heavy atom. The van der Waals surface area contributed by atoms with Gasteiger partial charge < -0.3 is 0 Å². The standard InChI is InChI=1S/C48H30N6/c1-3-10-34(11-4-1)46-52-47(35-12-5-2-6-13-35)54-48(53-46)39-16-7-15-36(28-39)37-21-19-31-23-25-41(50-43(31)29-37)38-22-20-32-24-26-42(51-44(32)30-38)40-18-8-14-33-17-9-27-49-45(33)40/h1-30H. The van der Waals surface area contributed by atoms with Crippen molar-refractivity contribution in [3.8, 4) is 67.8 Å². The van der Waals surface area contributed by atoms with Crippen LogP contribution in [-0.2, 0) is 0 Å². The highest BCUT2D eigenvalue weighted by molar-refractivity contribution is 5.95. The summed E-state index contributed by atoms with van der Waals surface area (Å²) in [7, 11) is 0. The molecule has 0 bridgehead atoms. The topological polar surface area (TPSA) is 77.3 Å². The minimum Gasteiger partial charge on any atom is -0.256 e. The molecular weight excluding hydrogens is 661 g/mol. The van der Waals surface area contributed by atoms with Gasteiger partial charge >= 0.3 is 0 Å². The van der Waals surface area contributed by atoms with Gasteiger partial charge in [-0.25, -0.2) is 24.9 Å². The molecule has 252 valence electrons. The summed E-state index contributed by atoms with van der Waals surface area (Å²) in [4.78, 5) is 29.7. The Labute approximate surface area is 311 Å². The zero-order chi connectivity index (χ0) is 35.8. The van der Waals surface area contributed by atoms with Gasteiger partial charge in [0.05, 0.1) is 27.9 Å². The van der Waals surface area contributed by atoms with Gasteiger partial charge in [0.1, 0.15) is 0 Å². The van der Waals surface area contributed by atoms with Crippen molar-refractivity contribution in [1.82, 2.24) is 29.9 Å². The van der Waals surface area contributed by atoms with Gasteiger partial charge in [-0.05, 0) is 47.5 Å². The summed E-state index contributed by atoms with van der Waals surface area (Å²) in [6.45, 7) is 0. The molecule has 0 spiro atoms. The fourth-order valence-corrected chi connectivity index (χ4v) is 6.97. The fraction of sp³-hybridized carbons (Fsp3) is 0. The third-order valence-corrected chi connectivity index (χ3v) is 9.74. The molecule has 10 rings (SSSR count). The first kappa shape index (κ1) is 31.3. The number of fused-ring (bicyclic) bond motifs is 3.